The number of rotatable bonds is 4. The molecule has 0 amide bonds. The maximum Gasteiger partial charge on any atom is 0.146 e. The normalized spacial score (nSPS) is 12.2. The minimum Gasteiger partial charge on any atom is -0.456 e. The Morgan fingerprint density at radius 1 is 1.26 bits per heavy atom. The fourth-order valence-corrected chi connectivity index (χ4v) is 1.94. The van der Waals surface area contributed by atoms with Crippen LogP contribution in [0.1, 0.15) is 24.9 Å². The molecule has 0 aromatic heterocycles. The summed E-state index contributed by atoms with van der Waals surface area (Å²) in [6, 6.07) is 11.5. The van der Waals surface area contributed by atoms with Gasteiger partial charge in [-0.05, 0) is 42.3 Å². The van der Waals surface area contributed by atoms with Gasteiger partial charge in [-0.2, -0.15) is 0 Å². The molecule has 0 aliphatic rings. The molecule has 100 valence electrons. The Balaban J connectivity index is 2.23. The van der Waals surface area contributed by atoms with E-state index in [-0.39, 0.29) is 16.9 Å². The van der Waals surface area contributed by atoms with Crippen LogP contribution in [0, 0.1) is 5.82 Å². The molecular weight excluding hydrogens is 265 g/mol. The minimum atomic E-state index is -0.390. The predicted octanol–water partition coefficient (Wildman–Crippen LogP) is 4.68. The topological polar surface area (TPSA) is 35.2 Å². The van der Waals surface area contributed by atoms with Gasteiger partial charge in [0.05, 0.1) is 5.02 Å². The van der Waals surface area contributed by atoms with E-state index in [0.29, 0.717) is 11.5 Å². The Kier molecular flexibility index (Phi) is 4.40. The van der Waals surface area contributed by atoms with Gasteiger partial charge in [-0.1, -0.05) is 30.7 Å². The molecule has 0 bridgehead atoms. The molecule has 0 spiro atoms. The van der Waals surface area contributed by atoms with E-state index in [1.807, 2.05) is 31.2 Å². The Labute approximate surface area is 117 Å². The Morgan fingerprint density at radius 2 is 2.05 bits per heavy atom. The molecule has 0 saturated heterocycles. The molecule has 0 radical (unpaired) electrons. The van der Waals surface area contributed by atoms with E-state index >= 15 is 0 Å². The summed E-state index contributed by atoms with van der Waals surface area (Å²) >= 11 is 5.92. The third-order valence-electron chi connectivity index (χ3n) is 2.85. The van der Waals surface area contributed by atoms with Crippen LogP contribution >= 0.6 is 11.6 Å². The summed E-state index contributed by atoms with van der Waals surface area (Å²) < 4.78 is 18.6. The molecule has 2 aromatic carbocycles. The Morgan fingerprint density at radius 3 is 2.74 bits per heavy atom. The third kappa shape index (κ3) is 3.46. The molecule has 2 rings (SSSR count). The highest BCUT2D eigenvalue weighted by molar-refractivity contribution is 6.32. The number of hydrogen-bond donors (Lipinski definition) is 1. The summed E-state index contributed by atoms with van der Waals surface area (Å²) in [7, 11) is 0. The van der Waals surface area contributed by atoms with E-state index in [1.165, 1.54) is 18.2 Å². The maximum absolute atomic E-state index is 12.9. The molecule has 0 fully saturated rings. The lowest BCUT2D eigenvalue weighted by molar-refractivity contribution is 0.479. The van der Waals surface area contributed by atoms with Gasteiger partial charge in [-0.3, -0.25) is 0 Å². The van der Waals surface area contributed by atoms with Crippen molar-refractivity contribution in [3.8, 4) is 11.5 Å². The van der Waals surface area contributed by atoms with E-state index in [4.69, 9.17) is 22.1 Å². The fourth-order valence-electron chi connectivity index (χ4n) is 1.73. The molecule has 19 heavy (non-hydrogen) atoms. The van der Waals surface area contributed by atoms with Crippen LogP contribution in [-0.2, 0) is 0 Å². The summed E-state index contributed by atoms with van der Waals surface area (Å²) in [5.74, 6) is 0.666. The van der Waals surface area contributed by atoms with Gasteiger partial charge in [0.25, 0.3) is 0 Å². The molecule has 1 unspecified atom stereocenters. The van der Waals surface area contributed by atoms with E-state index in [9.17, 15) is 4.39 Å². The second-order valence-corrected chi connectivity index (χ2v) is 4.67. The van der Waals surface area contributed by atoms with Crippen LogP contribution in [0.15, 0.2) is 42.5 Å². The largest absolute Gasteiger partial charge is 0.456 e. The molecule has 0 aliphatic carbocycles. The summed E-state index contributed by atoms with van der Waals surface area (Å²) in [6.07, 6.45) is 0.848. The first-order valence-electron chi connectivity index (χ1n) is 6.08. The van der Waals surface area contributed by atoms with E-state index in [2.05, 4.69) is 0 Å². The van der Waals surface area contributed by atoms with E-state index in [0.717, 1.165) is 12.0 Å². The van der Waals surface area contributed by atoms with Crippen LogP contribution < -0.4 is 10.5 Å². The van der Waals surface area contributed by atoms with Crippen molar-refractivity contribution in [2.24, 2.45) is 5.73 Å². The van der Waals surface area contributed by atoms with Crippen LogP contribution in [-0.4, -0.2) is 0 Å². The first kappa shape index (κ1) is 13.8. The number of halogens is 2. The van der Waals surface area contributed by atoms with Gasteiger partial charge in [-0.25, -0.2) is 4.39 Å². The SMILES string of the molecule is CCC(N)c1cccc(Oc2ccc(F)cc2Cl)c1. The van der Waals surface area contributed by atoms with Crippen LogP contribution in [0.2, 0.25) is 5.02 Å². The molecule has 1 atom stereocenters. The second-order valence-electron chi connectivity index (χ2n) is 4.26. The van der Waals surface area contributed by atoms with E-state index in [1.54, 1.807) is 0 Å². The Bertz CT molecular complexity index is 574. The van der Waals surface area contributed by atoms with Gasteiger partial charge in [0, 0.05) is 6.04 Å². The zero-order valence-corrected chi connectivity index (χ0v) is 11.3. The standard InChI is InChI=1S/C15H15ClFNO/c1-2-14(18)10-4-3-5-12(8-10)19-15-7-6-11(17)9-13(15)16/h3-9,14H,2,18H2,1H3. The van der Waals surface area contributed by atoms with Crippen LogP contribution in [0.25, 0.3) is 0 Å². The summed E-state index contributed by atoms with van der Waals surface area (Å²) in [5.41, 5.74) is 6.97. The third-order valence-corrected chi connectivity index (χ3v) is 3.14. The molecule has 2 nitrogen and oxygen atoms in total. The maximum atomic E-state index is 12.9. The molecular formula is C15H15ClFNO. The minimum absolute atomic E-state index is 0.0211. The van der Waals surface area contributed by atoms with Gasteiger partial charge in [0.2, 0.25) is 0 Å². The molecule has 0 heterocycles. The number of benzene rings is 2. The molecule has 4 heteroatoms. The highest BCUT2D eigenvalue weighted by atomic mass is 35.5. The number of ether oxygens (including phenoxy) is 1. The highest BCUT2D eigenvalue weighted by Gasteiger charge is 2.07. The molecule has 0 saturated carbocycles. The van der Waals surface area contributed by atoms with Crippen molar-refractivity contribution in [1.82, 2.24) is 0 Å². The van der Waals surface area contributed by atoms with Crippen molar-refractivity contribution in [2.75, 3.05) is 0 Å². The molecule has 2 aromatic rings. The van der Waals surface area contributed by atoms with Crippen molar-refractivity contribution < 1.29 is 9.13 Å². The van der Waals surface area contributed by atoms with Crippen LogP contribution in [0.5, 0.6) is 11.5 Å². The zero-order valence-electron chi connectivity index (χ0n) is 10.6. The average molecular weight is 280 g/mol. The van der Waals surface area contributed by atoms with Gasteiger partial charge in [0.1, 0.15) is 17.3 Å². The first-order chi connectivity index (χ1) is 9.10. The van der Waals surface area contributed by atoms with Crippen molar-refractivity contribution in [3.05, 3.63) is 58.9 Å². The Hall–Kier alpha value is -1.58. The van der Waals surface area contributed by atoms with Crippen LogP contribution in [0.4, 0.5) is 4.39 Å². The lowest BCUT2D eigenvalue weighted by Gasteiger charge is -2.12. The fraction of sp³-hybridized carbons (Fsp3) is 0.200. The van der Waals surface area contributed by atoms with Crippen molar-refractivity contribution >= 4 is 11.6 Å². The molecule has 0 aliphatic heterocycles. The molecule has 2 N–H and O–H groups in total. The summed E-state index contributed by atoms with van der Waals surface area (Å²) in [4.78, 5) is 0. The van der Waals surface area contributed by atoms with E-state index < -0.39 is 0 Å². The van der Waals surface area contributed by atoms with Gasteiger partial charge in [0.15, 0.2) is 0 Å². The quantitative estimate of drug-likeness (QED) is 0.882. The van der Waals surface area contributed by atoms with Crippen LogP contribution in [0.3, 0.4) is 0 Å². The smallest absolute Gasteiger partial charge is 0.146 e. The van der Waals surface area contributed by atoms with Crippen molar-refractivity contribution in [1.29, 1.82) is 0 Å². The second kappa shape index (κ2) is 6.04. The zero-order chi connectivity index (χ0) is 13.8. The predicted molar refractivity (Wildman–Crippen MR) is 75.1 cm³/mol. The average Bonchev–Trinajstić information content (AvgIpc) is 2.41. The van der Waals surface area contributed by atoms with Gasteiger partial charge >= 0.3 is 0 Å². The van der Waals surface area contributed by atoms with Gasteiger partial charge < -0.3 is 10.5 Å². The lowest BCUT2D eigenvalue weighted by Crippen LogP contribution is -2.08. The highest BCUT2D eigenvalue weighted by Crippen LogP contribution is 2.30. The number of nitrogens with two attached hydrogens (primary N) is 1. The summed E-state index contributed by atoms with van der Waals surface area (Å²) in [5, 5.41) is 0.241. The number of hydrogen-bond acceptors (Lipinski definition) is 2. The van der Waals surface area contributed by atoms with Crippen molar-refractivity contribution in [2.45, 2.75) is 19.4 Å². The summed E-state index contributed by atoms with van der Waals surface area (Å²) in [6.45, 7) is 2.02. The monoisotopic (exact) mass is 279 g/mol. The van der Waals surface area contributed by atoms with Crippen molar-refractivity contribution in [3.63, 3.8) is 0 Å². The van der Waals surface area contributed by atoms with Gasteiger partial charge in [-0.15, -0.1) is 0 Å². The lowest BCUT2D eigenvalue weighted by atomic mass is 10.1. The first-order valence-corrected chi connectivity index (χ1v) is 6.46.